The molecule has 6 nitrogen and oxygen atoms in total. The highest BCUT2D eigenvalue weighted by Gasteiger charge is 2.18. The highest BCUT2D eigenvalue weighted by atomic mass is 32.1. The van der Waals surface area contributed by atoms with Gasteiger partial charge in [0.25, 0.3) is 0 Å². The van der Waals surface area contributed by atoms with E-state index in [0.717, 1.165) is 50.2 Å². The van der Waals surface area contributed by atoms with Gasteiger partial charge in [0.15, 0.2) is 5.96 Å². The lowest BCUT2D eigenvalue weighted by Crippen LogP contribution is -2.43. The van der Waals surface area contributed by atoms with Crippen LogP contribution in [0.25, 0.3) is 0 Å². The lowest BCUT2D eigenvalue weighted by Gasteiger charge is -2.32. The Labute approximate surface area is 156 Å². The predicted octanol–water partition coefficient (Wildman–Crippen LogP) is 1.83. The highest BCUT2D eigenvalue weighted by Crippen LogP contribution is 2.17. The van der Waals surface area contributed by atoms with Crippen LogP contribution in [0.4, 0.5) is 0 Å². The van der Waals surface area contributed by atoms with E-state index in [2.05, 4.69) is 39.4 Å². The van der Waals surface area contributed by atoms with E-state index in [0.29, 0.717) is 0 Å². The van der Waals surface area contributed by atoms with E-state index in [1.165, 1.54) is 35.8 Å². The van der Waals surface area contributed by atoms with E-state index in [-0.39, 0.29) is 0 Å². The van der Waals surface area contributed by atoms with Crippen LogP contribution < -0.4 is 10.6 Å². The van der Waals surface area contributed by atoms with Crippen molar-refractivity contribution in [2.75, 3.05) is 53.5 Å². The van der Waals surface area contributed by atoms with Crippen LogP contribution in [0.3, 0.4) is 0 Å². The molecule has 1 aromatic heterocycles. The first-order chi connectivity index (χ1) is 12.1. The molecule has 142 valence electrons. The first-order valence-electron chi connectivity index (χ1n) is 9.21. The van der Waals surface area contributed by atoms with Crippen molar-refractivity contribution in [3.8, 4) is 0 Å². The molecule has 0 spiro atoms. The van der Waals surface area contributed by atoms with E-state index < -0.39 is 0 Å². The maximum atomic E-state index is 5.16. The molecule has 0 amide bonds. The Morgan fingerprint density at radius 3 is 2.68 bits per heavy atom. The number of nitrogens with one attached hydrogen (secondary N) is 2. The summed E-state index contributed by atoms with van der Waals surface area (Å²) >= 11 is 1.79. The van der Waals surface area contributed by atoms with Crippen LogP contribution in [-0.2, 0) is 11.2 Å². The average Bonchev–Trinajstić information content (AvgIpc) is 2.94. The molecule has 0 unspecified atom stereocenters. The number of hydrogen-bond donors (Lipinski definition) is 2. The van der Waals surface area contributed by atoms with E-state index in [9.17, 15) is 0 Å². The number of likely N-dealkylation sites (tertiary alicyclic amines) is 1. The van der Waals surface area contributed by atoms with Crippen LogP contribution >= 0.6 is 11.3 Å². The van der Waals surface area contributed by atoms with Crippen LogP contribution in [0, 0.1) is 19.8 Å². The van der Waals surface area contributed by atoms with Crippen molar-refractivity contribution < 1.29 is 4.74 Å². The molecule has 2 N–H and O–H groups in total. The van der Waals surface area contributed by atoms with Crippen molar-refractivity contribution in [3.05, 3.63) is 15.6 Å². The van der Waals surface area contributed by atoms with E-state index >= 15 is 0 Å². The van der Waals surface area contributed by atoms with Gasteiger partial charge < -0.3 is 20.3 Å². The van der Waals surface area contributed by atoms with Crippen LogP contribution in [0.5, 0.6) is 0 Å². The molecule has 0 aromatic carbocycles. The molecule has 1 fully saturated rings. The zero-order valence-corrected chi connectivity index (χ0v) is 16.9. The molecule has 2 heterocycles. The third-order valence-electron chi connectivity index (χ3n) is 4.80. The smallest absolute Gasteiger partial charge is 0.190 e. The summed E-state index contributed by atoms with van der Waals surface area (Å²) in [6.45, 7) is 10.3. The van der Waals surface area contributed by atoms with E-state index in [1.807, 2.05) is 7.05 Å². The molecule has 0 bridgehead atoms. The second kappa shape index (κ2) is 10.7. The minimum atomic E-state index is 0.724. The molecule has 1 saturated heterocycles. The Kier molecular flexibility index (Phi) is 8.64. The van der Waals surface area contributed by atoms with Gasteiger partial charge >= 0.3 is 0 Å². The van der Waals surface area contributed by atoms with Crippen LogP contribution in [-0.4, -0.2) is 69.3 Å². The number of nitrogens with zero attached hydrogens (tertiary/aromatic N) is 3. The second-order valence-corrected chi connectivity index (χ2v) is 7.94. The Morgan fingerprint density at radius 2 is 2.08 bits per heavy atom. The minimum Gasteiger partial charge on any atom is -0.383 e. The number of methoxy groups -OCH3 is 1. The molecule has 1 aliphatic heterocycles. The summed E-state index contributed by atoms with van der Waals surface area (Å²) in [5.41, 5.74) is 1.15. The number of aliphatic imine (C=N–C) groups is 1. The van der Waals surface area contributed by atoms with Crippen LogP contribution in [0.1, 0.15) is 28.4 Å². The number of rotatable bonds is 8. The third-order valence-corrected chi connectivity index (χ3v) is 5.94. The van der Waals surface area contributed by atoms with E-state index in [1.54, 1.807) is 18.4 Å². The second-order valence-electron chi connectivity index (χ2n) is 6.66. The SMILES string of the molecule is CN=C(NCCc1nc(C)c(C)s1)NCC1CCN(CCOC)CC1. The summed E-state index contributed by atoms with van der Waals surface area (Å²) in [6.07, 6.45) is 3.43. The van der Waals surface area contributed by atoms with Crippen LogP contribution in [0.15, 0.2) is 4.99 Å². The average molecular weight is 368 g/mol. The summed E-state index contributed by atoms with van der Waals surface area (Å²) < 4.78 is 5.16. The molecular formula is C18H33N5OS. The first-order valence-corrected chi connectivity index (χ1v) is 10.0. The fourth-order valence-electron chi connectivity index (χ4n) is 3.03. The topological polar surface area (TPSA) is 61.8 Å². The lowest BCUT2D eigenvalue weighted by atomic mass is 9.97. The van der Waals surface area contributed by atoms with Gasteiger partial charge in [-0.1, -0.05) is 0 Å². The molecule has 7 heteroatoms. The van der Waals surface area contributed by atoms with Gasteiger partial charge in [0.1, 0.15) is 0 Å². The zero-order valence-electron chi connectivity index (χ0n) is 16.1. The Hall–Kier alpha value is -1.18. The Morgan fingerprint density at radius 1 is 1.32 bits per heavy atom. The number of thiazole rings is 1. The largest absolute Gasteiger partial charge is 0.383 e. The van der Waals surface area contributed by atoms with Gasteiger partial charge in [0.2, 0.25) is 0 Å². The highest BCUT2D eigenvalue weighted by molar-refractivity contribution is 7.11. The van der Waals surface area contributed by atoms with Gasteiger partial charge in [-0.05, 0) is 45.7 Å². The maximum absolute atomic E-state index is 5.16. The lowest BCUT2D eigenvalue weighted by molar-refractivity contribution is 0.121. The Balaban J connectivity index is 1.62. The van der Waals surface area contributed by atoms with Gasteiger partial charge in [0, 0.05) is 45.1 Å². The summed E-state index contributed by atoms with van der Waals surface area (Å²) in [6, 6.07) is 0. The normalized spacial score (nSPS) is 17.0. The zero-order chi connectivity index (χ0) is 18.1. The third kappa shape index (κ3) is 6.92. The molecule has 25 heavy (non-hydrogen) atoms. The summed E-state index contributed by atoms with van der Waals surface area (Å²) in [4.78, 5) is 12.7. The van der Waals surface area contributed by atoms with E-state index in [4.69, 9.17) is 4.74 Å². The number of aromatic nitrogens is 1. The van der Waals surface area contributed by atoms with Gasteiger partial charge in [0.05, 0.1) is 17.3 Å². The molecular weight excluding hydrogens is 334 g/mol. The van der Waals surface area contributed by atoms with Gasteiger partial charge in [-0.3, -0.25) is 4.99 Å². The van der Waals surface area contributed by atoms with Crippen molar-refractivity contribution in [2.45, 2.75) is 33.1 Å². The maximum Gasteiger partial charge on any atom is 0.190 e. The monoisotopic (exact) mass is 367 g/mol. The molecule has 1 aromatic rings. The summed E-state index contributed by atoms with van der Waals surface area (Å²) in [5, 5.41) is 8.08. The summed E-state index contributed by atoms with van der Waals surface area (Å²) in [5.74, 6) is 1.62. The fraction of sp³-hybridized carbons (Fsp3) is 0.778. The number of piperidine rings is 1. The molecule has 0 aliphatic carbocycles. The van der Waals surface area contributed by atoms with Crippen molar-refractivity contribution in [1.29, 1.82) is 0 Å². The van der Waals surface area contributed by atoms with Crippen molar-refractivity contribution >= 4 is 17.3 Å². The molecule has 0 saturated carbocycles. The predicted molar refractivity (Wildman–Crippen MR) is 106 cm³/mol. The van der Waals surface area contributed by atoms with Crippen molar-refractivity contribution in [3.63, 3.8) is 0 Å². The minimum absolute atomic E-state index is 0.724. The van der Waals surface area contributed by atoms with Gasteiger partial charge in [-0.2, -0.15) is 0 Å². The molecule has 2 rings (SSSR count). The number of hydrogen-bond acceptors (Lipinski definition) is 5. The number of aryl methyl sites for hydroxylation is 2. The molecule has 0 radical (unpaired) electrons. The molecule has 0 atom stereocenters. The summed E-state index contributed by atoms with van der Waals surface area (Å²) in [7, 11) is 3.60. The van der Waals surface area contributed by atoms with Crippen molar-refractivity contribution in [2.24, 2.45) is 10.9 Å². The van der Waals surface area contributed by atoms with Crippen molar-refractivity contribution in [1.82, 2.24) is 20.5 Å². The molecule has 1 aliphatic rings. The standard InChI is InChI=1S/C18H33N5OS/c1-14-15(2)25-17(22-14)5-8-20-18(19-3)21-13-16-6-9-23(10-7-16)11-12-24-4/h16H,5-13H2,1-4H3,(H2,19,20,21). The number of ether oxygens (including phenoxy) is 1. The Bertz CT molecular complexity index is 518. The fourth-order valence-corrected chi connectivity index (χ4v) is 3.96. The quantitative estimate of drug-likeness (QED) is 0.542. The first kappa shape index (κ1) is 20.1. The van der Waals surface area contributed by atoms with Gasteiger partial charge in [-0.15, -0.1) is 11.3 Å². The van der Waals surface area contributed by atoms with Gasteiger partial charge in [-0.25, -0.2) is 4.98 Å². The number of guanidine groups is 1. The van der Waals surface area contributed by atoms with Crippen LogP contribution in [0.2, 0.25) is 0 Å².